The van der Waals surface area contributed by atoms with E-state index < -0.39 is 0 Å². The molecule has 0 aliphatic carbocycles. The van der Waals surface area contributed by atoms with Crippen LogP contribution in [0.4, 0.5) is 0 Å². The lowest BCUT2D eigenvalue weighted by Gasteiger charge is -2.07. The molecule has 148 valence electrons. The molecule has 6 nitrogen and oxygen atoms in total. The van der Waals surface area contributed by atoms with E-state index >= 15 is 0 Å². The van der Waals surface area contributed by atoms with E-state index in [1.54, 1.807) is 37.6 Å². The van der Waals surface area contributed by atoms with Crippen molar-refractivity contribution >= 4 is 12.1 Å². The minimum atomic E-state index is -0.353. The number of nitrogens with one attached hydrogen (secondary N) is 1. The minimum Gasteiger partial charge on any atom is -0.497 e. The molecule has 0 aliphatic rings. The molecular weight excluding hydrogens is 368 g/mol. The molecule has 0 aromatic heterocycles. The third kappa shape index (κ3) is 6.70. The second-order valence-corrected chi connectivity index (χ2v) is 6.10. The van der Waals surface area contributed by atoms with Gasteiger partial charge in [-0.25, -0.2) is 5.43 Å². The Bertz CT molecular complexity index is 941. The third-order valence-corrected chi connectivity index (χ3v) is 3.94. The third-order valence-electron chi connectivity index (χ3n) is 3.94. The van der Waals surface area contributed by atoms with Crippen LogP contribution in [0.3, 0.4) is 0 Å². The van der Waals surface area contributed by atoms with Gasteiger partial charge in [-0.15, -0.1) is 0 Å². The van der Waals surface area contributed by atoms with E-state index in [4.69, 9.17) is 14.2 Å². The molecular formula is C23H22N2O4. The Labute approximate surface area is 169 Å². The molecule has 1 amide bonds. The Hall–Kier alpha value is -3.80. The molecule has 0 saturated carbocycles. The Balaban J connectivity index is 1.44. The molecule has 3 rings (SSSR count). The van der Waals surface area contributed by atoms with Crippen LogP contribution in [-0.4, -0.2) is 25.8 Å². The SMILES string of the molecule is COc1ccc(OCC(=O)NN=Cc2cccc(OCc3ccccc3)c2)cc1. The van der Waals surface area contributed by atoms with Gasteiger partial charge in [0.1, 0.15) is 23.9 Å². The second-order valence-electron chi connectivity index (χ2n) is 6.10. The molecule has 1 N–H and O–H groups in total. The van der Waals surface area contributed by atoms with Crippen molar-refractivity contribution in [2.45, 2.75) is 6.61 Å². The molecule has 0 fully saturated rings. The standard InChI is InChI=1S/C23H22N2O4/c1-27-20-10-12-21(13-11-20)29-17-23(26)25-24-15-19-8-5-9-22(14-19)28-16-18-6-3-2-4-7-18/h2-15H,16-17H2,1H3,(H,25,26). The highest BCUT2D eigenvalue weighted by Crippen LogP contribution is 2.17. The van der Waals surface area contributed by atoms with Crippen molar-refractivity contribution < 1.29 is 19.0 Å². The van der Waals surface area contributed by atoms with Gasteiger partial charge >= 0.3 is 0 Å². The van der Waals surface area contributed by atoms with Crippen LogP contribution < -0.4 is 19.6 Å². The van der Waals surface area contributed by atoms with E-state index in [2.05, 4.69) is 10.5 Å². The molecule has 6 heteroatoms. The topological polar surface area (TPSA) is 69.2 Å². The lowest BCUT2D eigenvalue weighted by Crippen LogP contribution is -2.24. The van der Waals surface area contributed by atoms with E-state index in [0.717, 1.165) is 22.6 Å². The van der Waals surface area contributed by atoms with Gasteiger partial charge in [-0.2, -0.15) is 5.10 Å². The molecule has 0 bridgehead atoms. The highest BCUT2D eigenvalue weighted by molar-refractivity contribution is 5.83. The van der Waals surface area contributed by atoms with Gasteiger partial charge in [0, 0.05) is 0 Å². The second kappa shape index (κ2) is 10.5. The van der Waals surface area contributed by atoms with E-state index in [0.29, 0.717) is 12.4 Å². The monoisotopic (exact) mass is 390 g/mol. The van der Waals surface area contributed by atoms with Crippen LogP contribution in [0.2, 0.25) is 0 Å². The Morgan fingerprint density at radius 1 is 0.897 bits per heavy atom. The number of rotatable bonds is 9. The summed E-state index contributed by atoms with van der Waals surface area (Å²) in [4.78, 5) is 11.9. The number of carbonyl (C=O) groups is 1. The number of ether oxygens (including phenoxy) is 3. The molecule has 0 saturated heterocycles. The maximum atomic E-state index is 11.9. The molecule has 0 aliphatic heterocycles. The summed E-state index contributed by atoms with van der Waals surface area (Å²) < 4.78 is 16.3. The van der Waals surface area contributed by atoms with Crippen LogP contribution >= 0.6 is 0 Å². The van der Waals surface area contributed by atoms with Crippen molar-refractivity contribution in [1.29, 1.82) is 0 Å². The van der Waals surface area contributed by atoms with Crippen LogP contribution in [-0.2, 0) is 11.4 Å². The number of nitrogens with zero attached hydrogens (tertiary/aromatic N) is 1. The number of carbonyl (C=O) groups excluding carboxylic acids is 1. The fourth-order valence-corrected chi connectivity index (χ4v) is 2.46. The molecule has 3 aromatic rings. The largest absolute Gasteiger partial charge is 0.497 e. The number of hydrazone groups is 1. The number of amides is 1. The summed E-state index contributed by atoms with van der Waals surface area (Å²) in [6, 6.07) is 24.4. The molecule has 0 atom stereocenters. The molecule has 0 heterocycles. The zero-order valence-corrected chi connectivity index (χ0v) is 16.1. The van der Waals surface area contributed by atoms with Crippen molar-refractivity contribution in [2.75, 3.05) is 13.7 Å². The van der Waals surface area contributed by atoms with Gasteiger partial charge in [0.15, 0.2) is 6.61 Å². The highest BCUT2D eigenvalue weighted by atomic mass is 16.5. The molecule has 3 aromatic carbocycles. The van der Waals surface area contributed by atoms with Crippen molar-refractivity contribution in [3.8, 4) is 17.2 Å². The normalized spacial score (nSPS) is 10.5. The smallest absolute Gasteiger partial charge is 0.277 e. The first-order chi connectivity index (χ1) is 14.2. The number of hydrogen-bond acceptors (Lipinski definition) is 5. The summed E-state index contributed by atoms with van der Waals surface area (Å²) in [5.74, 6) is 1.68. The summed E-state index contributed by atoms with van der Waals surface area (Å²) in [5, 5.41) is 3.96. The number of benzene rings is 3. The Kier molecular flexibility index (Phi) is 7.23. The van der Waals surface area contributed by atoms with Gasteiger partial charge in [0.2, 0.25) is 0 Å². The van der Waals surface area contributed by atoms with Gasteiger partial charge in [0.25, 0.3) is 5.91 Å². The Morgan fingerprint density at radius 2 is 1.66 bits per heavy atom. The predicted octanol–water partition coefficient (Wildman–Crippen LogP) is 3.80. The summed E-state index contributed by atoms with van der Waals surface area (Å²) in [6.07, 6.45) is 1.56. The summed E-state index contributed by atoms with van der Waals surface area (Å²) >= 11 is 0. The zero-order valence-electron chi connectivity index (χ0n) is 16.1. The maximum absolute atomic E-state index is 11.9. The van der Waals surface area contributed by atoms with Gasteiger partial charge in [-0.1, -0.05) is 42.5 Å². The first-order valence-electron chi connectivity index (χ1n) is 9.08. The zero-order chi connectivity index (χ0) is 20.3. The van der Waals surface area contributed by atoms with Crippen molar-refractivity contribution in [3.63, 3.8) is 0 Å². The molecule has 0 unspecified atom stereocenters. The molecule has 29 heavy (non-hydrogen) atoms. The predicted molar refractivity (Wildman–Crippen MR) is 111 cm³/mol. The van der Waals surface area contributed by atoms with Gasteiger partial charge < -0.3 is 14.2 Å². The summed E-state index contributed by atoms with van der Waals surface area (Å²) in [5.41, 5.74) is 4.35. The number of methoxy groups -OCH3 is 1. The van der Waals surface area contributed by atoms with Crippen molar-refractivity contribution in [2.24, 2.45) is 5.10 Å². The average molecular weight is 390 g/mol. The van der Waals surface area contributed by atoms with Crippen LogP contribution in [0.15, 0.2) is 84.0 Å². The highest BCUT2D eigenvalue weighted by Gasteiger charge is 2.02. The van der Waals surface area contributed by atoms with Crippen LogP contribution in [0.5, 0.6) is 17.2 Å². The van der Waals surface area contributed by atoms with E-state index in [1.807, 2.05) is 54.6 Å². The van der Waals surface area contributed by atoms with Crippen LogP contribution in [0.1, 0.15) is 11.1 Å². The van der Waals surface area contributed by atoms with Crippen LogP contribution in [0, 0.1) is 0 Å². The fourth-order valence-electron chi connectivity index (χ4n) is 2.46. The summed E-state index contributed by atoms with van der Waals surface area (Å²) in [7, 11) is 1.59. The van der Waals surface area contributed by atoms with Gasteiger partial charge in [0.05, 0.1) is 13.3 Å². The van der Waals surface area contributed by atoms with Crippen molar-refractivity contribution in [1.82, 2.24) is 5.43 Å². The summed E-state index contributed by atoms with van der Waals surface area (Å²) in [6.45, 7) is 0.352. The van der Waals surface area contributed by atoms with E-state index in [-0.39, 0.29) is 12.5 Å². The van der Waals surface area contributed by atoms with Gasteiger partial charge in [-0.3, -0.25) is 4.79 Å². The Morgan fingerprint density at radius 3 is 2.41 bits per heavy atom. The lowest BCUT2D eigenvalue weighted by molar-refractivity contribution is -0.123. The van der Waals surface area contributed by atoms with Crippen LogP contribution in [0.25, 0.3) is 0 Å². The van der Waals surface area contributed by atoms with E-state index in [1.165, 1.54) is 0 Å². The first-order valence-corrected chi connectivity index (χ1v) is 9.08. The molecule has 0 spiro atoms. The fraction of sp³-hybridized carbons (Fsp3) is 0.130. The molecule has 0 radical (unpaired) electrons. The van der Waals surface area contributed by atoms with Gasteiger partial charge in [-0.05, 0) is 47.5 Å². The maximum Gasteiger partial charge on any atom is 0.277 e. The minimum absolute atomic E-state index is 0.135. The quantitative estimate of drug-likeness (QED) is 0.446. The van der Waals surface area contributed by atoms with Crippen molar-refractivity contribution in [3.05, 3.63) is 90.0 Å². The van der Waals surface area contributed by atoms with E-state index in [9.17, 15) is 4.79 Å². The first kappa shape index (κ1) is 19.9. The lowest BCUT2D eigenvalue weighted by atomic mass is 10.2. The number of hydrogen-bond donors (Lipinski definition) is 1. The average Bonchev–Trinajstić information content (AvgIpc) is 2.78.